The van der Waals surface area contributed by atoms with Gasteiger partial charge in [-0.2, -0.15) is 0 Å². The number of fused-ring (bicyclic) bond motifs is 1. The molecule has 2 aromatic rings. The number of rotatable bonds is 7. The van der Waals surface area contributed by atoms with Crippen LogP contribution in [-0.2, 0) is 6.54 Å². The summed E-state index contributed by atoms with van der Waals surface area (Å²) in [5.74, 6) is 3.03. The molecule has 0 bridgehead atoms. The van der Waals surface area contributed by atoms with Crippen LogP contribution in [-0.4, -0.2) is 29.2 Å². The fourth-order valence-electron chi connectivity index (χ4n) is 2.59. The van der Waals surface area contributed by atoms with Gasteiger partial charge in [-0.3, -0.25) is 4.79 Å². The molecule has 26 heavy (non-hydrogen) atoms. The van der Waals surface area contributed by atoms with Crippen LogP contribution >= 0.6 is 0 Å². The number of hydrogen-bond acceptors (Lipinski definition) is 6. The Morgan fingerprint density at radius 1 is 1.19 bits per heavy atom. The Bertz CT molecular complexity index is 792. The molecule has 0 aliphatic carbocycles. The molecule has 138 valence electrons. The molecule has 0 spiro atoms. The summed E-state index contributed by atoms with van der Waals surface area (Å²) in [6, 6.07) is 7.29. The molecule has 0 saturated heterocycles. The largest absolute Gasteiger partial charge is 0.454 e. The minimum absolute atomic E-state index is 0.234. The molecule has 1 aromatic carbocycles. The van der Waals surface area contributed by atoms with E-state index in [9.17, 15) is 4.79 Å². The zero-order valence-electron chi connectivity index (χ0n) is 15.3. The number of benzene rings is 1. The van der Waals surface area contributed by atoms with E-state index in [0.29, 0.717) is 35.5 Å². The van der Waals surface area contributed by atoms with Gasteiger partial charge in [0.15, 0.2) is 11.5 Å². The third kappa shape index (κ3) is 4.62. The van der Waals surface area contributed by atoms with Crippen LogP contribution in [0.15, 0.2) is 24.3 Å². The average Bonchev–Trinajstić information content (AvgIpc) is 3.06. The Morgan fingerprint density at radius 2 is 2.00 bits per heavy atom. The number of aromatic nitrogens is 2. The fraction of sp³-hybridized carbons (Fsp3) is 0.421. The Kier molecular flexibility index (Phi) is 5.55. The van der Waals surface area contributed by atoms with E-state index in [1.165, 1.54) is 0 Å². The highest BCUT2D eigenvalue weighted by atomic mass is 16.7. The summed E-state index contributed by atoms with van der Waals surface area (Å²) in [6.45, 7) is 7.55. The van der Waals surface area contributed by atoms with E-state index in [-0.39, 0.29) is 12.7 Å². The molecule has 1 amide bonds. The monoisotopic (exact) mass is 356 g/mol. The number of ether oxygens (including phenoxy) is 2. The third-order valence-electron chi connectivity index (χ3n) is 3.99. The first kappa shape index (κ1) is 18.0. The summed E-state index contributed by atoms with van der Waals surface area (Å²) in [5, 5.41) is 6.13. The molecular formula is C19H24N4O3. The Morgan fingerprint density at radius 3 is 2.81 bits per heavy atom. The van der Waals surface area contributed by atoms with Gasteiger partial charge in [-0.25, -0.2) is 9.97 Å². The molecule has 0 atom stereocenters. The summed E-state index contributed by atoms with van der Waals surface area (Å²) in [4.78, 5) is 21.0. The molecule has 0 unspecified atom stereocenters. The molecule has 1 aliphatic heterocycles. The first-order valence-electron chi connectivity index (χ1n) is 8.77. The lowest BCUT2D eigenvalue weighted by Crippen LogP contribution is -2.24. The molecule has 7 heteroatoms. The number of nitrogens with one attached hydrogen (secondary N) is 2. The SMILES string of the molecule is Cc1nc(NCCC(C)C)cc(C(=O)NCc2ccc3c(c2)OCO3)n1. The van der Waals surface area contributed by atoms with Crippen molar-refractivity contribution in [2.75, 3.05) is 18.7 Å². The number of carbonyl (C=O) groups excluding carboxylic acids is 1. The molecule has 0 radical (unpaired) electrons. The van der Waals surface area contributed by atoms with Crippen molar-refractivity contribution in [3.05, 3.63) is 41.3 Å². The van der Waals surface area contributed by atoms with Crippen molar-refractivity contribution < 1.29 is 14.3 Å². The van der Waals surface area contributed by atoms with Crippen molar-refractivity contribution in [2.24, 2.45) is 5.92 Å². The topological polar surface area (TPSA) is 85.4 Å². The summed E-state index contributed by atoms with van der Waals surface area (Å²) < 4.78 is 10.6. The second-order valence-corrected chi connectivity index (χ2v) is 6.67. The van der Waals surface area contributed by atoms with Crippen LogP contribution in [0.1, 0.15) is 42.1 Å². The van der Waals surface area contributed by atoms with Gasteiger partial charge in [-0.1, -0.05) is 19.9 Å². The van der Waals surface area contributed by atoms with Crippen LogP contribution < -0.4 is 20.1 Å². The zero-order valence-corrected chi connectivity index (χ0v) is 15.3. The van der Waals surface area contributed by atoms with Gasteiger partial charge in [-0.15, -0.1) is 0 Å². The van der Waals surface area contributed by atoms with Crippen LogP contribution in [0, 0.1) is 12.8 Å². The van der Waals surface area contributed by atoms with E-state index in [1.807, 2.05) is 18.2 Å². The predicted molar refractivity (Wildman–Crippen MR) is 98.4 cm³/mol. The Hall–Kier alpha value is -2.83. The second-order valence-electron chi connectivity index (χ2n) is 6.67. The maximum Gasteiger partial charge on any atom is 0.270 e. The highest BCUT2D eigenvalue weighted by Crippen LogP contribution is 2.32. The fourth-order valence-corrected chi connectivity index (χ4v) is 2.59. The van der Waals surface area contributed by atoms with Gasteiger partial charge in [0.2, 0.25) is 6.79 Å². The minimum Gasteiger partial charge on any atom is -0.454 e. The molecule has 7 nitrogen and oxygen atoms in total. The molecule has 0 fully saturated rings. The minimum atomic E-state index is -0.236. The number of amides is 1. The van der Waals surface area contributed by atoms with Crippen molar-refractivity contribution >= 4 is 11.7 Å². The predicted octanol–water partition coefficient (Wildman–Crippen LogP) is 2.90. The Balaban J connectivity index is 1.61. The van der Waals surface area contributed by atoms with Crippen molar-refractivity contribution in [1.29, 1.82) is 0 Å². The molecule has 1 aromatic heterocycles. The van der Waals surface area contributed by atoms with E-state index in [2.05, 4.69) is 34.4 Å². The molecule has 2 heterocycles. The van der Waals surface area contributed by atoms with Gasteiger partial charge in [0.05, 0.1) is 0 Å². The quantitative estimate of drug-likeness (QED) is 0.793. The van der Waals surface area contributed by atoms with Crippen LogP contribution in [0.2, 0.25) is 0 Å². The maximum atomic E-state index is 12.5. The normalized spacial score (nSPS) is 12.3. The van der Waals surface area contributed by atoms with Crippen LogP contribution in [0.4, 0.5) is 5.82 Å². The summed E-state index contributed by atoms with van der Waals surface area (Å²) in [7, 11) is 0. The molecule has 2 N–H and O–H groups in total. The van der Waals surface area contributed by atoms with Crippen molar-refractivity contribution in [3.8, 4) is 11.5 Å². The first-order valence-corrected chi connectivity index (χ1v) is 8.77. The maximum absolute atomic E-state index is 12.5. The van der Waals surface area contributed by atoms with Gasteiger partial charge in [0.1, 0.15) is 17.3 Å². The van der Waals surface area contributed by atoms with E-state index in [1.54, 1.807) is 13.0 Å². The van der Waals surface area contributed by atoms with Gasteiger partial charge in [0, 0.05) is 19.2 Å². The lowest BCUT2D eigenvalue weighted by Gasteiger charge is -2.10. The van der Waals surface area contributed by atoms with Crippen LogP contribution in [0.25, 0.3) is 0 Å². The number of anilines is 1. The van der Waals surface area contributed by atoms with Crippen molar-refractivity contribution in [2.45, 2.75) is 33.7 Å². The summed E-state index contributed by atoms with van der Waals surface area (Å²) in [5.41, 5.74) is 1.29. The number of hydrogen-bond donors (Lipinski definition) is 2. The van der Waals surface area contributed by atoms with Gasteiger partial charge in [-0.05, 0) is 37.0 Å². The Labute approximate surface area is 153 Å². The number of aryl methyl sites for hydroxylation is 1. The lowest BCUT2D eigenvalue weighted by atomic mass is 10.1. The molecule has 0 saturated carbocycles. The van der Waals surface area contributed by atoms with E-state index < -0.39 is 0 Å². The van der Waals surface area contributed by atoms with E-state index >= 15 is 0 Å². The molecule has 3 rings (SSSR count). The third-order valence-corrected chi connectivity index (χ3v) is 3.99. The average molecular weight is 356 g/mol. The highest BCUT2D eigenvalue weighted by molar-refractivity contribution is 5.92. The highest BCUT2D eigenvalue weighted by Gasteiger charge is 2.14. The number of nitrogens with zero attached hydrogens (tertiary/aromatic N) is 2. The molecular weight excluding hydrogens is 332 g/mol. The van der Waals surface area contributed by atoms with Gasteiger partial charge in [0.25, 0.3) is 5.91 Å². The first-order chi connectivity index (χ1) is 12.5. The van der Waals surface area contributed by atoms with E-state index in [4.69, 9.17) is 9.47 Å². The van der Waals surface area contributed by atoms with Crippen molar-refractivity contribution in [1.82, 2.24) is 15.3 Å². The smallest absolute Gasteiger partial charge is 0.270 e. The molecule has 1 aliphatic rings. The van der Waals surface area contributed by atoms with Gasteiger partial charge < -0.3 is 20.1 Å². The van der Waals surface area contributed by atoms with Crippen molar-refractivity contribution in [3.63, 3.8) is 0 Å². The number of carbonyl (C=O) groups is 1. The van der Waals surface area contributed by atoms with Crippen LogP contribution in [0.3, 0.4) is 0 Å². The summed E-state index contributed by atoms with van der Waals surface area (Å²) >= 11 is 0. The standard InChI is InChI=1S/C19H24N4O3/c1-12(2)6-7-20-18-9-15(22-13(3)23-18)19(24)21-10-14-4-5-16-17(8-14)26-11-25-16/h4-5,8-9,12H,6-7,10-11H2,1-3H3,(H,21,24)(H,20,22,23). The lowest BCUT2D eigenvalue weighted by molar-refractivity contribution is 0.0945. The zero-order chi connectivity index (χ0) is 18.5. The summed E-state index contributed by atoms with van der Waals surface area (Å²) in [6.07, 6.45) is 1.04. The van der Waals surface area contributed by atoms with Gasteiger partial charge >= 0.3 is 0 Å². The second kappa shape index (κ2) is 8.03. The van der Waals surface area contributed by atoms with E-state index in [0.717, 1.165) is 24.3 Å². The van der Waals surface area contributed by atoms with Crippen LogP contribution in [0.5, 0.6) is 11.5 Å².